The van der Waals surface area contributed by atoms with E-state index in [0.29, 0.717) is 0 Å². The summed E-state index contributed by atoms with van der Waals surface area (Å²) >= 11 is 1.33. The molecule has 0 bridgehead atoms. The molecule has 0 spiro atoms. The molecule has 126 valence electrons. The molecule has 1 aliphatic carbocycles. The molecule has 0 radical (unpaired) electrons. The van der Waals surface area contributed by atoms with Crippen molar-refractivity contribution in [1.82, 2.24) is 9.27 Å². The number of amides is 1. The zero-order valence-electron chi connectivity index (χ0n) is 13.9. The van der Waals surface area contributed by atoms with Crippen molar-refractivity contribution >= 4 is 22.6 Å². The van der Waals surface area contributed by atoms with Crippen LogP contribution in [0.25, 0.3) is 0 Å². The van der Waals surface area contributed by atoms with Gasteiger partial charge in [-0.25, -0.2) is 4.79 Å². The smallest absolute Gasteiger partial charge is 0.408 e. The summed E-state index contributed by atoms with van der Waals surface area (Å²) in [5.41, 5.74) is 12.0. The van der Waals surface area contributed by atoms with Crippen LogP contribution < -0.4 is 11.5 Å². The fraction of sp³-hybridized carbons (Fsp3) is 0.733. The van der Waals surface area contributed by atoms with Crippen LogP contribution in [0.3, 0.4) is 0 Å². The number of aromatic nitrogens is 1. The van der Waals surface area contributed by atoms with Crippen molar-refractivity contribution in [3.8, 4) is 0 Å². The van der Waals surface area contributed by atoms with Gasteiger partial charge in [0.15, 0.2) is 0 Å². The van der Waals surface area contributed by atoms with E-state index >= 15 is 0 Å². The molecule has 2 atom stereocenters. The quantitative estimate of drug-likeness (QED) is 0.734. The molecule has 22 heavy (non-hydrogen) atoms. The number of anilines is 1. The number of nitrogens with zero attached hydrogens (tertiary/aromatic N) is 2. The molecule has 1 amide bonds. The van der Waals surface area contributed by atoms with E-state index in [1.54, 1.807) is 0 Å². The van der Waals surface area contributed by atoms with E-state index in [0.717, 1.165) is 36.4 Å². The Balaban J connectivity index is 0.000000287. The second kappa shape index (κ2) is 7.78. The van der Waals surface area contributed by atoms with Gasteiger partial charge in [-0.2, -0.15) is 4.37 Å². The summed E-state index contributed by atoms with van der Waals surface area (Å²) in [4.78, 5) is 12.8. The molecule has 1 aromatic heterocycles. The monoisotopic (exact) mass is 328 g/mol. The number of hydrogen-bond donors (Lipinski definition) is 3. The fourth-order valence-electron chi connectivity index (χ4n) is 2.77. The van der Waals surface area contributed by atoms with E-state index in [4.69, 9.17) is 11.5 Å². The Kier molecular flexibility index (Phi) is 6.62. The van der Waals surface area contributed by atoms with Crippen molar-refractivity contribution in [2.75, 3.05) is 5.73 Å². The zero-order chi connectivity index (χ0) is 16.9. The van der Waals surface area contributed by atoms with Gasteiger partial charge in [0.05, 0.1) is 11.7 Å². The summed E-state index contributed by atoms with van der Waals surface area (Å²) in [5, 5.41) is 10.0. The molecule has 1 aromatic rings. The number of aryl methyl sites for hydroxylation is 1. The first-order valence-corrected chi connectivity index (χ1v) is 8.37. The van der Waals surface area contributed by atoms with Gasteiger partial charge in [-0.05, 0) is 58.1 Å². The van der Waals surface area contributed by atoms with Crippen LogP contribution in [0, 0.1) is 6.92 Å². The van der Waals surface area contributed by atoms with E-state index in [-0.39, 0.29) is 17.6 Å². The number of nitrogen functional groups attached to an aromatic ring is 1. The largest absolute Gasteiger partial charge is 0.465 e. The first kappa shape index (κ1) is 18.7. The average molecular weight is 328 g/mol. The van der Waals surface area contributed by atoms with Crippen LogP contribution in [0.15, 0.2) is 6.07 Å². The van der Waals surface area contributed by atoms with E-state index < -0.39 is 6.09 Å². The second-order valence-electron chi connectivity index (χ2n) is 6.71. The van der Waals surface area contributed by atoms with Crippen LogP contribution in [0.4, 0.5) is 9.80 Å². The molecule has 1 fully saturated rings. The summed E-state index contributed by atoms with van der Waals surface area (Å²) in [6, 6.07) is 1.83. The Morgan fingerprint density at radius 1 is 1.41 bits per heavy atom. The third-order valence-corrected chi connectivity index (χ3v) is 4.40. The summed E-state index contributed by atoms with van der Waals surface area (Å²) in [6.07, 6.45) is 3.17. The molecule has 0 saturated heterocycles. The first-order valence-electron chi connectivity index (χ1n) is 7.59. The van der Waals surface area contributed by atoms with Crippen LogP contribution in [0.2, 0.25) is 0 Å². The predicted molar refractivity (Wildman–Crippen MR) is 91.1 cm³/mol. The van der Waals surface area contributed by atoms with Crippen molar-refractivity contribution in [2.24, 2.45) is 5.73 Å². The minimum atomic E-state index is -0.857. The van der Waals surface area contributed by atoms with Crippen molar-refractivity contribution in [3.63, 3.8) is 0 Å². The van der Waals surface area contributed by atoms with E-state index in [2.05, 4.69) is 4.37 Å². The lowest BCUT2D eigenvalue weighted by Crippen LogP contribution is -2.58. The lowest BCUT2D eigenvalue weighted by Gasteiger charge is -2.44. The average Bonchev–Trinajstić information content (AvgIpc) is 2.74. The minimum absolute atomic E-state index is 0.00549. The van der Waals surface area contributed by atoms with Crippen LogP contribution >= 0.6 is 11.5 Å². The maximum absolute atomic E-state index is 11.3. The molecule has 7 heteroatoms. The lowest BCUT2D eigenvalue weighted by molar-refractivity contribution is 0.0491. The molecule has 6 nitrogen and oxygen atoms in total. The maximum Gasteiger partial charge on any atom is 0.408 e. The van der Waals surface area contributed by atoms with Gasteiger partial charge >= 0.3 is 6.09 Å². The molecule has 0 aliphatic heterocycles. The number of carboxylic acid groups (broad SMARTS) is 1. The maximum atomic E-state index is 11.3. The molecule has 0 aromatic carbocycles. The highest BCUT2D eigenvalue weighted by molar-refractivity contribution is 7.09. The lowest BCUT2D eigenvalue weighted by atomic mass is 9.87. The van der Waals surface area contributed by atoms with Crippen LogP contribution in [-0.2, 0) is 0 Å². The third-order valence-electron chi connectivity index (χ3n) is 3.69. The van der Waals surface area contributed by atoms with Crippen LogP contribution in [0.1, 0.15) is 52.1 Å². The molecule has 0 unspecified atom stereocenters. The fourth-order valence-corrected chi connectivity index (χ4v) is 3.30. The molecule has 2 rings (SSSR count). The van der Waals surface area contributed by atoms with Gasteiger partial charge in [-0.1, -0.05) is 12.8 Å². The minimum Gasteiger partial charge on any atom is -0.465 e. The molecule has 1 aliphatic rings. The van der Waals surface area contributed by atoms with E-state index in [1.807, 2.05) is 33.8 Å². The SMILES string of the molecule is CC(C)(C)N(C(=O)O)[C@H]1CCCC[C@H]1N.Cc1cc(N)sn1. The molecular formula is C15H28N4O2S. The summed E-state index contributed by atoms with van der Waals surface area (Å²) in [6.45, 7) is 7.68. The Bertz CT molecular complexity index is 468. The van der Waals surface area contributed by atoms with Gasteiger partial charge in [0.25, 0.3) is 0 Å². The number of carbonyl (C=O) groups is 1. The number of nitrogens with two attached hydrogens (primary N) is 2. The van der Waals surface area contributed by atoms with Crippen molar-refractivity contribution < 1.29 is 9.90 Å². The van der Waals surface area contributed by atoms with Gasteiger partial charge < -0.3 is 16.6 Å². The van der Waals surface area contributed by atoms with Crippen LogP contribution in [0.5, 0.6) is 0 Å². The van der Waals surface area contributed by atoms with Gasteiger partial charge in [0.1, 0.15) is 5.00 Å². The molecule has 5 N–H and O–H groups in total. The van der Waals surface area contributed by atoms with Gasteiger partial charge in [-0.3, -0.25) is 4.90 Å². The standard InChI is InChI=1S/C11H22N2O2.C4H6N2S/c1-11(2,3)13(10(14)15)9-7-5-4-6-8(9)12;1-3-2-4(5)7-6-3/h8-9H,4-7,12H2,1-3H3,(H,14,15);2H,5H2,1H3/t8-,9+;/m1./s1. The highest BCUT2D eigenvalue weighted by Crippen LogP contribution is 2.27. The van der Waals surface area contributed by atoms with E-state index in [9.17, 15) is 9.90 Å². The third kappa shape index (κ3) is 5.46. The normalized spacial score (nSPS) is 21.7. The zero-order valence-corrected chi connectivity index (χ0v) is 14.7. The number of hydrogen-bond acceptors (Lipinski definition) is 5. The van der Waals surface area contributed by atoms with Gasteiger partial charge in [-0.15, -0.1) is 0 Å². The first-order chi connectivity index (χ1) is 10.1. The summed E-state index contributed by atoms with van der Waals surface area (Å²) in [5.74, 6) is 0. The Morgan fingerprint density at radius 3 is 2.32 bits per heavy atom. The summed E-state index contributed by atoms with van der Waals surface area (Å²) in [7, 11) is 0. The van der Waals surface area contributed by atoms with Gasteiger partial charge in [0, 0.05) is 11.6 Å². The van der Waals surface area contributed by atoms with Crippen molar-refractivity contribution in [1.29, 1.82) is 0 Å². The molecule has 1 saturated carbocycles. The predicted octanol–water partition coefficient (Wildman–Crippen LogP) is 3.07. The summed E-state index contributed by atoms with van der Waals surface area (Å²) < 4.78 is 3.93. The Morgan fingerprint density at radius 2 is 2.00 bits per heavy atom. The van der Waals surface area contributed by atoms with Crippen molar-refractivity contribution in [2.45, 2.75) is 71.0 Å². The number of rotatable bonds is 1. The molecular weight excluding hydrogens is 300 g/mol. The van der Waals surface area contributed by atoms with E-state index in [1.165, 1.54) is 16.4 Å². The molecule has 1 heterocycles. The van der Waals surface area contributed by atoms with Gasteiger partial charge in [0.2, 0.25) is 0 Å². The van der Waals surface area contributed by atoms with Crippen molar-refractivity contribution in [3.05, 3.63) is 11.8 Å². The van der Waals surface area contributed by atoms with Crippen LogP contribution in [-0.4, -0.2) is 38.1 Å². The second-order valence-corrected chi connectivity index (χ2v) is 7.55. The Hall–Kier alpha value is -1.34. The topological polar surface area (TPSA) is 105 Å². The highest BCUT2D eigenvalue weighted by atomic mass is 32.1. The highest BCUT2D eigenvalue weighted by Gasteiger charge is 2.37. The Labute approximate surface area is 136 Å².